The predicted molar refractivity (Wildman–Crippen MR) is 324 cm³/mol. The van der Waals surface area contributed by atoms with Crippen molar-refractivity contribution in [3.63, 3.8) is 0 Å². The van der Waals surface area contributed by atoms with E-state index in [2.05, 4.69) is 289 Å². The zero-order chi connectivity index (χ0) is 51.0. The summed E-state index contributed by atoms with van der Waals surface area (Å²) in [6.45, 7) is 17.9. The van der Waals surface area contributed by atoms with Gasteiger partial charge < -0.3 is 11.1 Å². The first-order valence-electron chi connectivity index (χ1n) is 25.4. The molecule has 0 fully saturated rings. The van der Waals surface area contributed by atoms with Gasteiger partial charge in [-0.2, -0.15) is 0 Å². The van der Waals surface area contributed by atoms with E-state index in [1.165, 1.54) is 110 Å². The molecule has 0 saturated heterocycles. The summed E-state index contributed by atoms with van der Waals surface area (Å²) in [7, 11) is 0. The quantitative estimate of drug-likeness (QED) is 0.163. The zero-order valence-electron chi connectivity index (χ0n) is 43.2. The van der Waals surface area contributed by atoms with Crippen LogP contribution in [0.1, 0.15) is 79.6 Å². The van der Waals surface area contributed by atoms with E-state index in [1.54, 1.807) is 0 Å². The van der Waals surface area contributed by atoms with Gasteiger partial charge in [-0.05, 0) is 153 Å². The summed E-state index contributed by atoms with van der Waals surface area (Å²) in [5.41, 5.74) is 35.2. The third-order valence-electron chi connectivity index (χ3n) is 15.3. The van der Waals surface area contributed by atoms with Gasteiger partial charge >= 0.3 is 0 Å². The average Bonchev–Trinajstić information content (AvgIpc) is 3.79. The number of rotatable bonds is 6. The fraction of sp³-hybridized carbons (Fsp3) is 0.155. The normalized spacial score (nSPS) is 12.8. The predicted octanol–water partition coefficient (Wildman–Crippen LogP) is 20.3. The Hall–Kier alpha value is -7.72. The number of nitrogens with two attached hydrogens (primary N) is 1. The molecule has 3 N–H and O–H groups in total. The minimum Gasteiger partial charge on any atom is -0.398 e. The molecule has 0 amide bonds. The Morgan fingerprint density at radius 2 is 0.716 bits per heavy atom. The van der Waals surface area contributed by atoms with Crippen LogP contribution in [-0.2, 0) is 10.8 Å². The highest BCUT2D eigenvalue weighted by atomic mass is 79.9. The summed E-state index contributed by atoms with van der Waals surface area (Å²) in [5, 5.41) is 3.87. The van der Waals surface area contributed by atoms with Crippen LogP contribution in [0.15, 0.2) is 223 Å². The monoisotopic (exact) mass is 1030 g/mol. The Labute approximate surface area is 449 Å². The van der Waals surface area contributed by atoms with Crippen LogP contribution in [0.4, 0.5) is 17.1 Å². The van der Waals surface area contributed by atoms with Crippen LogP contribution in [0.2, 0.25) is 0 Å². The van der Waals surface area contributed by atoms with Crippen LogP contribution >= 0.6 is 15.9 Å². The maximum atomic E-state index is 6.21. The van der Waals surface area contributed by atoms with Crippen LogP contribution in [0.5, 0.6) is 0 Å². The van der Waals surface area contributed by atoms with Gasteiger partial charge in [-0.25, -0.2) is 0 Å². The van der Waals surface area contributed by atoms with E-state index < -0.39 is 0 Å². The lowest BCUT2D eigenvalue weighted by atomic mass is 9.82. The maximum Gasteiger partial charge on any atom is 0.0467 e. The van der Waals surface area contributed by atoms with E-state index in [-0.39, 0.29) is 18.3 Å². The smallest absolute Gasteiger partial charge is 0.0467 e. The number of aryl methyl sites for hydroxylation is 4. The summed E-state index contributed by atoms with van der Waals surface area (Å²) < 4.78 is 1.20. The number of benzene rings is 10. The number of fused-ring (bicyclic) bond motifs is 6. The van der Waals surface area contributed by atoms with Gasteiger partial charge in [0.2, 0.25) is 0 Å². The van der Waals surface area contributed by atoms with Crippen LogP contribution in [0.3, 0.4) is 0 Å². The molecule has 2 aliphatic carbocycles. The molecule has 0 heterocycles. The molecule has 0 unspecified atom stereocenters. The van der Waals surface area contributed by atoms with Crippen molar-refractivity contribution in [2.75, 3.05) is 11.1 Å². The molecule has 12 rings (SSSR count). The van der Waals surface area contributed by atoms with E-state index in [9.17, 15) is 0 Å². The van der Waals surface area contributed by atoms with Crippen molar-refractivity contribution in [3.8, 4) is 66.8 Å². The molecule has 2 aliphatic rings. The molecule has 368 valence electrons. The van der Waals surface area contributed by atoms with E-state index >= 15 is 0 Å². The van der Waals surface area contributed by atoms with E-state index in [1.807, 2.05) is 6.07 Å². The molecule has 0 saturated carbocycles. The number of halogens is 1. The fourth-order valence-electron chi connectivity index (χ4n) is 11.3. The van der Waals surface area contributed by atoms with Crippen LogP contribution < -0.4 is 11.1 Å². The Bertz CT molecular complexity index is 3690. The first-order chi connectivity index (χ1) is 35.2. The third kappa shape index (κ3) is 9.54. The van der Waals surface area contributed by atoms with Gasteiger partial charge in [-0.1, -0.05) is 233 Å². The molecule has 0 radical (unpaired) electrons. The lowest BCUT2D eigenvalue weighted by Crippen LogP contribution is -2.14. The van der Waals surface area contributed by atoms with Gasteiger partial charge in [0.1, 0.15) is 0 Å². The second-order valence-corrected chi connectivity index (χ2v) is 21.5. The lowest BCUT2D eigenvalue weighted by molar-refractivity contribution is 0.660. The molecule has 2 nitrogen and oxygen atoms in total. The second-order valence-electron chi connectivity index (χ2n) is 20.7. The van der Waals surface area contributed by atoms with Gasteiger partial charge in [0.05, 0.1) is 0 Å². The Balaban J connectivity index is 0.000000150. The number of nitrogens with one attached hydrogen (secondary N) is 1. The highest BCUT2D eigenvalue weighted by Gasteiger charge is 2.37. The fourth-order valence-corrected chi connectivity index (χ4v) is 11.8. The molecule has 0 atom stereocenters. The standard InChI is InChI=1S/C35H31N.C20H19N.C15H13Br.CH4/c1-23-12-5-7-14-26(23)25-20-21-32(29(22-25)27-15-8-6-13-24(27)2)36-33-19-11-18-31-34(33)28-16-9-10-17-30(28)35(31,3)4;1-14-7-3-5-9-17(14)16-11-12-20(21)19(13-16)18-10-6-4-8-15(18)2;1-15(2)11-7-4-3-6-10(11)14-12(15)8-5-9-13(14)16;/h5-22,36H,1-4H3;3-13H,21H2,1-2H3;3-9H,1-2H3;1H4. The molecule has 0 spiro atoms. The first kappa shape index (κ1) is 51.2. The summed E-state index contributed by atoms with van der Waals surface area (Å²) in [5.74, 6) is 0. The molecule has 0 aromatic heterocycles. The average molecular weight is 1030 g/mol. The van der Waals surface area contributed by atoms with Crippen molar-refractivity contribution in [2.45, 2.75) is 73.6 Å². The molecule has 3 heteroatoms. The van der Waals surface area contributed by atoms with Gasteiger partial charge in [-0.15, -0.1) is 0 Å². The highest BCUT2D eigenvalue weighted by molar-refractivity contribution is 9.10. The Kier molecular flexibility index (Phi) is 14.5. The molecular weight excluding hydrogens is 961 g/mol. The first-order valence-corrected chi connectivity index (χ1v) is 26.2. The maximum absolute atomic E-state index is 6.21. The van der Waals surface area contributed by atoms with Crippen molar-refractivity contribution in [1.82, 2.24) is 0 Å². The summed E-state index contributed by atoms with van der Waals surface area (Å²) in [6.07, 6.45) is 0. The molecule has 0 bridgehead atoms. The minimum atomic E-state index is -0.0167. The topological polar surface area (TPSA) is 38.0 Å². The van der Waals surface area contributed by atoms with Gasteiger partial charge in [-0.3, -0.25) is 0 Å². The van der Waals surface area contributed by atoms with Crippen LogP contribution in [-0.4, -0.2) is 0 Å². The number of hydrogen-bond acceptors (Lipinski definition) is 2. The highest BCUT2D eigenvalue weighted by Crippen LogP contribution is 2.53. The summed E-state index contributed by atoms with van der Waals surface area (Å²) in [4.78, 5) is 0. The summed E-state index contributed by atoms with van der Waals surface area (Å²) >= 11 is 3.67. The largest absolute Gasteiger partial charge is 0.398 e. The lowest BCUT2D eigenvalue weighted by Gasteiger charge is -2.22. The van der Waals surface area contributed by atoms with E-state index in [0.29, 0.717) is 0 Å². The Morgan fingerprint density at radius 3 is 1.23 bits per heavy atom. The second kappa shape index (κ2) is 21.0. The molecule has 74 heavy (non-hydrogen) atoms. The number of nitrogen functional groups attached to an aromatic ring is 1. The molecule has 10 aromatic carbocycles. The van der Waals surface area contributed by atoms with Crippen molar-refractivity contribution < 1.29 is 0 Å². The Morgan fingerprint density at radius 1 is 0.338 bits per heavy atom. The molecular formula is C71H67BrN2. The zero-order valence-corrected chi connectivity index (χ0v) is 44.8. The minimum absolute atomic E-state index is 0. The van der Waals surface area contributed by atoms with Crippen LogP contribution in [0.25, 0.3) is 66.8 Å². The van der Waals surface area contributed by atoms with Gasteiger partial charge in [0.15, 0.2) is 0 Å². The number of anilines is 3. The third-order valence-corrected chi connectivity index (χ3v) is 15.9. The molecule has 10 aromatic rings. The van der Waals surface area contributed by atoms with Gasteiger partial charge in [0.25, 0.3) is 0 Å². The molecule has 0 aliphatic heterocycles. The van der Waals surface area contributed by atoms with E-state index in [0.717, 1.165) is 22.6 Å². The van der Waals surface area contributed by atoms with Crippen LogP contribution in [0, 0.1) is 27.7 Å². The van der Waals surface area contributed by atoms with Crippen molar-refractivity contribution >= 4 is 33.0 Å². The van der Waals surface area contributed by atoms with E-state index in [4.69, 9.17) is 5.73 Å². The van der Waals surface area contributed by atoms with Crippen molar-refractivity contribution in [2.24, 2.45) is 0 Å². The SMILES string of the molecule is C.CC1(C)c2ccccc2-c2c(Br)cccc21.Cc1ccccc1-c1ccc(N)c(-c2ccccc2C)c1.Cc1ccccc1-c1ccc(Nc2cccc3c2-c2ccccc2C3(C)C)c(-c2ccccc2C)c1. The number of hydrogen-bond donors (Lipinski definition) is 2. The van der Waals surface area contributed by atoms with Crippen molar-refractivity contribution in [1.29, 1.82) is 0 Å². The van der Waals surface area contributed by atoms with Crippen molar-refractivity contribution in [3.05, 3.63) is 267 Å². The summed E-state index contributed by atoms with van der Waals surface area (Å²) in [6, 6.07) is 77.9. The van der Waals surface area contributed by atoms with Gasteiger partial charge in [0, 0.05) is 54.6 Å².